The Kier molecular flexibility index (Phi) is 9.43. The van der Waals surface area contributed by atoms with E-state index in [1.807, 2.05) is 0 Å². The van der Waals surface area contributed by atoms with Crippen molar-refractivity contribution in [2.45, 2.75) is 23.3 Å². The van der Waals surface area contributed by atoms with Crippen LogP contribution in [0.3, 0.4) is 0 Å². The van der Waals surface area contributed by atoms with Gasteiger partial charge in [0.1, 0.15) is 18.2 Å². The number of halogens is 8. The minimum atomic E-state index is -4.66. The largest absolute Gasteiger partial charge is 0.456 e. The number of benzene rings is 2. The quantitative estimate of drug-likeness (QED) is 0.144. The van der Waals surface area contributed by atoms with Crippen LogP contribution in [0.25, 0.3) is 17.1 Å². The van der Waals surface area contributed by atoms with Crippen molar-refractivity contribution in [3.63, 3.8) is 0 Å². The minimum absolute atomic E-state index is 0.129. The van der Waals surface area contributed by atoms with Gasteiger partial charge in [-0.1, -0.05) is 58.0 Å². The summed E-state index contributed by atoms with van der Waals surface area (Å²) in [6, 6.07) is 9.88. The second kappa shape index (κ2) is 11.7. The molecule has 0 amide bonds. The summed E-state index contributed by atoms with van der Waals surface area (Å²) in [5.41, 5.74) is 0.910. The molecule has 7 nitrogen and oxygen atoms in total. The van der Waals surface area contributed by atoms with Crippen molar-refractivity contribution >= 4 is 74.1 Å². The van der Waals surface area contributed by atoms with Crippen LogP contribution in [0.15, 0.2) is 42.5 Å². The molecule has 3 aromatic rings. The first kappa shape index (κ1) is 30.6. The van der Waals surface area contributed by atoms with Crippen molar-refractivity contribution in [3.8, 4) is 22.8 Å². The van der Waals surface area contributed by atoms with Crippen molar-refractivity contribution in [3.05, 3.63) is 63.9 Å². The predicted octanol–water partition coefficient (Wildman–Crippen LogP) is 7.34. The highest BCUT2D eigenvalue weighted by molar-refractivity contribution is 7.87. The Bertz CT molecular complexity index is 1440. The van der Waals surface area contributed by atoms with Gasteiger partial charge in [0.05, 0.1) is 22.9 Å². The highest BCUT2D eigenvalue weighted by atomic mass is 35.6. The molecule has 0 bridgehead atoms. The van der Waals surface area contributed by atoms with E-state index < -0.39 is 44.8 Å². The molecule has 0 saturated carbocycles. The molecule has 3 rings (SSSR count). The number of carbonyl (C=O) groups is 1. The lowest BCUT2D eigenvalue weighted by Crippen LogP contribution is -2.20. The van der Waals surface area contributed by atoms with E-state index in [1.165, 1.54) is 34.9 Å². The van der Waals surface area contributed by atoms with Crippen LogP contribution in [-0.4, -0.2) is 46.3 Å². The van der Waals surface area contributed by atoms with Crippen LogP contribution < -0.4 is 4.18 Å². The number of carbonyl (C=O) groups excluding carboxylic acids is 1. The van der Waals surface area contributed by atoms with Crippen LogP contribution in [0, 0.1) is 6.92 Å². The second-order valence-corrected chi connectivity index (χ2v) is 12.8. The molecule has 2 aromatic carbocycles. The van der Waals surface area contributed by atoms with E-state index in [0.29, 0.717) is 16.3 Å². The fourth-order valence-electron chi connectivity index (χ4n) is 3.16. The third kappa shape index (κ3) is 8.30. The molecule has 0 N–H and O–H groups in total. The Morgan fingerprint density at radius 1 is 1.05 bits per heavy atom. The predicted molar refractivity (Wildman–Crippen MR) is 139 cm³/mol. The molecule has 0 saturated heterocycles. The number of imidazole rings is 1. The summed E-state index contributed by atoms with van der Waals surface area (Å²) in [7, 11) is -4.50. The lowest BCUT2D eigenvalue weighted by Gasteiger charge is -2.13. The number of hydrogen-bond acceptors (Lipinski definition) is 6. The first-order chi connectivity index (χ1) is 17.5. The van der Waals surface area contributed by atoms with Gasteiger partial charge in [-0.15, -0.1) is 0 Å². The number of ether oxygens (including phenoxy) is 1. The van der Waals surface area contributed by atoms with Crippen LogP contribution in [0.2, 0.25) is 10.0 Å². The Morgan fingerprint density at radius 3 is 2.24 bits per heavy atom. The van der Waals surface area contributed by atoms with E-state index in [1.54, 1.807) is 19.1 Å². The molecule has 1 aromatic heterocycles. The molecular weight excluding hydrogens is 639 g/mol. The van der Waals surface area contributed by atoms with Crippen LogP contribution in [0.5, 0.6) is 5.75 Å². The lowest BCUT2D eigenvalue weighted by molar-refractivity contribution is -0.130. The van der Waals surface area contributed by atoms with E-state index in [0.717, 1.165) is 0 Å². The number of nitrogens with zero attached hydrogens (tertiary/aromatic N) is 2. The maximum atomic E-state index is 12.7. The summed E-state index contributed by atoms with van der Waals surface area (Å²) in [5.74, 6) is -2.16. The minimum Gasteiger partial charge on any atom is -0.456 e. The monoisotopic (exact) mass is 652 g/mol. The van der Waals surface area contributed by atoms with Gasteiger partial charge in [0.25, 0.3) is 0 Å². The zero-order valence-corrected chi connectivity index (χ0v) is 23.6. The third-order valence-electron chi connectivity index (χ3n) is 4.79. The van der Waals surface area contributed by atoms with E-state index in [2.05, 4.69) is 4.98 Å². The van der Waals surface area contributed by atoms with Gasteiger partial charge in [-0.3, -0.25) is 4.57 Å². The summed E-state index contributed by atoms with van der Waals surface area (Å²) in [6.45, 7) is 1.01. The molecule has 0 radical (unpaired) electrons. The Morgan fingerprint density at radius 2 is 1.68 bits per heavy atom. The van der Waals surface area contributed by atoms with Crippen LogP contribution in [-0.2, 0) is 14.9 Å². The molecule has 0 spiro atoms. The molecule has 38 heavy (non-hydrogen) atoms. The molecule has 0 aliphatic carbocycles. The molecule has 16 heteroatoms. The number of hydrogen-bond donors (Lipinski definition) is 0. The van der Waals surface area contributed by atoms with Crippen molar-refractivity contribution in [1.29, 1.82) is 0 Å². The fraction of sp³-hybridized carbons (Fsp3) is 0.273. The highest BCUT2D eigenvalue weighted by Crippen LogP contribution is 2.34. The number of alkyl halides is 6. The van der Waals surface area contributed by atoms with Crippen molar-refractivity contribution in [2.24, 2.45) is 0 Å². The Hall–Kier alpha value is -1.89. The zero-order valence-electron chi connectivity index (χ0n) is 19.0. The van der Waals surface area contributed by atoms with Crippen LogP contribution in [0.1, 0.15) is 22.6 Å². The molecule has 0 unspecified atom stereocenters. The number of rotatable bonds is 8. The first-order valence-corrected chi connectivity index (χ1v) is 13.8. The molecule has 0 aliphatic heterocycles. The SMILES string of the molecule is Cc1c(C(=O)OCC(Cl)(Cl)Cl)nc(-c2ccc(Cl)cc2Cl)n1-c1ccc(OS(=O)(=O)CCC(F)(F)F)cc1. The smallest absolute Gasteiger partial charge is 0.390 e. The fourth-order valence-corrected chi connectivity index (χ4v) is 4.78. The number of aromatic nitrogens is 2. The molecule has 0 atom stereocenters. The van der Waals surface area contributed by atoms with Crippen molar-refractivity contribution in [1.82, 2.24) is 9.55 Å². The highest BCUT2D eigenvalue weighted by Gasteiger charge is 2.31. The van der Waals surface area contributed by atoms with E-state index >= 15 is 0 Å². The molecular formula is C22H16Cl5F3N2O5S. The van der Waals surface area contributed by atoms with Gasteiger partial charge in [-0.05, 0) is 49.4 Å². The van der Waals surface area contributed by atoms with Gasteiger partial charge < -0.3 is 8.92 Å². The van der Waals surface area contributed by atoms with E-state index in [9.17, 15) is 26.4 Å². The summed E-state index contributed by atoms with van der Waals surface area (Å²) < 4.78 is 70.5. The molecule has 1 heterocycles. The summed E-state index contributed by atoms with van der Waals surface area (Å²) in [6.07, 6.45) is -6.21. The maximum Gasteiger partial charge on any atom is 0.390 e. The van der Waals surface area contributed by atoms with Gasteiger partial charge >= 0.3 is 22.3 Å². The van der Waals surface area contributed by atoms with Gasteiger partial charge in [0.15, 0.2) is 5.69 Å². The van der Waals surface area contributed by atoms with Gasteiger partial charge in [0, 0.05) is 16.3 Å². The Labute approximate surface area is 240 Å². The van der Waals surface area contributed by atoms with Gasteiger partial charge in [-0.25, -0.2) is 9.78 Å². The number of esters is 1. The molecule has 0 aliphatic rings. The third-order valence-corrected chi connectivity index (χ3v) is 6.82. The molecule has 206 valence electrons. The van der Waals surface area contributed by atoms with E-state index in [-0.39, 0.29) is 28.0 Å². The zero-order chi connectivity index (χ0) is 28.5. The van der Waals surface area contributed by atoms with Crippen LogP contribution >= 0.6 is 58.0 Å². The Balaban J connectivity index is 2.01. The van der Waals surface area contributed by atoms with Gasteiger partial charge in [-0.2, -0.15) is 21.6 Å². The average molecular weight is 655 g/mol. The lowest BCUT2D eigenvalue weighted by atomic mass is 10.2. The summed E-state index contributed by atoms with van der Waals surface area (Å²) in [5, 5.41) is 0.560. The maximum absolute atomic E-state index is 12.7. The first-order valence-electron chi connectivity index (χ1n) is 10.3. The van der Waals surface area contributed by atoms with Crippen LogP contribution in [0.4, 0.5) is 13.2 Å². The normalized spacial score (nSPS) is 12.4. The standard InChI is InChI=1S/C22H16Cl5F3N2O5S/c1-12-18(20(33)36-11-21(25,26)27)31-19(16-7-2-13(23)10-17(16)24)32(12)14-3-5-15(6-4-14)37-38(34,35)9-8-22(28,29)30/h2-7,10H,8-9,11H2,1H3. The van der Waals surface area contributed by atoms with Gasteiger partial charge in [0.2, 0.25) is 3.79 Å². The average Bonchev–Trinajstić information content (AvgIpc) is 3.12. The second-order valence-electron chi connectivity index (χ2n) is 7.72. The van der Waals surface area contributed by atoms with Crippen molar-refractivity contribution < 1.29 is 35.3 Å². The van der Waals surface area contributed by atoms with Crippen molar-refractivity contribution in [2.75, 3.05) is 12.4 Å². The molecule has 0 fully saturated rings. The van der Waals surface area contributed by atoms with E-state index in [4.69, 9.17) is 66.9 Å². The summed E-state index contributed by atoms with van der Waals surface area (Å²) in [4.78, 5) is 17.1. The topological polar surface area (TPSA) is 87.5 Å². The summed E-state index contributed by atoms with van der Waals surface area (Å²) >= 11 is 29.3.